The van der Waals surface area contributed by atoms with E-state index in [2.05, 4.69) is 6.92 Å². The van der Waals surface area contributed by atoms with Crippen LogP contribution in [0, 0.1) is 0 Å². The summed E-state index contributed by atoms with van der Waals surface area (Å²) >= 11 is 0. The van der Waals surface area contributed by atoms with E-state index >= 15 is 0 Å². The molecule has 3 fully saturated rings. The minimum Gasteiger partial charge on any atom is -0.371 e. The molecule has 130 valence electrons. The molecule has 0 aliphatic carbocycles. The first-order valence-electron chi connectivity index (χ1n) is 9.06. The predicted octanol–water partition coefficient (Wildman–Crippen LogP) is 2.17. The Labute approximate surface area is 138 Å². The van der Waals surface area contributed by atoms with E-state index in [0.717, 1.165) is 19.3 Å². The highest BCUT2D eigenvalue weighted by Crippen LogP contribution is 2.27. The number of carbonyl (C=O) groups is 2. The Hall–Kier alpha value is -1.14. The van der Waals surface area contributed by atoms with Crippen molar-refractivity contribution < 1.29 is 19.1 Å². The number of imide groups is 1. The Kier molecular flexibility index (Phi) is 5.54. The van der Waals surface area contributed by atoms with Gasteiger partial charge in [0.15, 0.2) is 0 Å². The van der Waals surface area contributed by atoms with Crippen molar-refractivity contribution in [3.63, 3.8) is 0 Å². The number of amides is 3. The lowest BCUT2D eigenvalue weighted by Gasteiger charge is -2.20. The fraction of sp³-hybridized carbons (Fsp3) is 0.882. The van der Waals surface area contributed by atoms with Gasteiger partial charge in [0.25, 0.3) is 5.91 Å². The number of rotatable bonds is 11. The highest BCUT2D eigenvalue weighted by Gasteiger charge is 2.48. The molecule has 0 aromatic carbocycles. The number of hydrogen-bond donors (Lipinski definition) is 0. The third-order valence-electron chi connectivity index (χ3n) is 4.83. The summed E-state index contributed by atoms with van der Waals surface area (Å²) < 4.78 is 10.4. The molecular weight excluding hydrogens is 296 g/mol. The summed E-state index contributed by atoms with van der Waals surface area (Å²) in [5.41, 5.74) is 0. The molecule has 3 atom stereocenters. The van der Waals surface area contributed by atoms with E-state index in [0.29, 0.717) is 26.3 Å². The largest absolute Gasteiger partial charge is 0.371 e. The van der Waals surface area contributed by atoms with Crippen molar-refractivity contribution >= 4 is 11.9 Å². The summed E-state index contributed by atoms with van der Waals surface area (Å²) in [5.74, 6) is -0.0419. The fourth-order valence-electron chi connectivity index (χ4n) is 3.24. The van der Waals surface area contributed by atoms with Gasteiger partial charge in [0.1, 0.15) is 6.04 Å². The fourth-order valence-corrected chi connectivity index (χ4v) is 3.24. The minimum absolute atomic E-state index is 0.0419. The molecule has 0 saturated carbocycles. The maximum atomic E-state index is 12.6. The zero-order chi connectivity index (χ0) is 16.2. The van der Waals surface area contributed by atoms with Crippen LogP contribution in [0.25, 0.3) is 0 Å². The van der Waals surface area contributed by atoms with Crippen LogP contribution in [0.2, 0.25) is 0 Å². The highest BCUT2D eigenvalue weighted by atomic mass is 16.6. The van der Waals surface area contributed by atoms with Crippen molar-refractivity contribution in [3.05, 3.63) is 0 Å². The number of carbonyl (C=O) groups excluding carboxylic acids is 2. The molecule has 3 aliphatic rings. The molecule has 3 saturated heterocycles. The second-order valence-electron chi connectivity index (χ2n) is 6.87. The van der Waals surface area contributed by atoms with Crippen molar-refractivity contribution in [3.8, 4) is 0 Å². The van der Waals surface area contributed by atoms with Gasteiger partial charge in [-0.3, -0.25) is 9.69 Å². The molecule has 0 radical (unpaired) electrons. The third-order valence-corrected chi connectivity index (χ3v) is 4.83. The monoisotopic (exact) mass is 324 g/mol. The topological polar surface area (TPSA) is 65.7 Å². The summed E-state index contributed by atoms with van der Waals surface area (Å²) in [5, 5.41) is 0. The Bertz CT molecular complexity index is 434. The maximum absolute atomic E-state index is 12.6. The lowest BCUT2D eigenvalue weighted by molar-refractivity contribution is -0.128. The number of nitrogens with zero attached hydrogens (tertiary/aromatic N) is 2. The van der Waals surface area contributed by atoms with E-state index in [1.165, 1.54) is 30.6 Å². The van der Waals surface area contributed by atoms with Gasteiger partial charge >= 0.3 is 6.03 Å². The molecule has 3 heterocycles. The number of urea groups is 1. The van der Waals surface area contributed by atoms with Crippen LogP contribution in [-0.4, -0.2) is 66.3 Å². The standard InChI is InChI=1S/C17H28N2O4/c1-2-3-4-5-6-7-8-15-16(20)19(10-14-12-23-14)17(21)18(15)9-13-11-22-13/h13-15H,2-12H2,1H3. The van der Waals surface area contributed by atoms with Crippen LogP contribution in [-0.2, 0) is 14.3 Å². The second kappa shape index (κ2) is 7.62. The smallest absolute Gasteiger partial charge is 0.327 e. The molecule has 0 aromatic heterocycles. The van der Waals surface area contributed by atoms with Crippen LogP contribution in [0.15, 0.2) is 0 Å². The number of hydrogen-bond acceptors (Lipinski definition) is 4. The lowest BCUT2D eigenvalue weighted by atomic mass is 10.0. The van der Waals surface area contributed by atoms with E-state index in [-0.39, 0.29) is 30.2 Å². The van der Waals surface area contributed by atoms with E-state index in [9.17, 15) is 9.59 Å². The molecule has 0 bridgehead atoms. The van der Waals surface area contributed by atoms with Crippen LogP contribution in [0.4, 0.5) is 4.79 Å². The van der Waals surface area contributed by atoms with Gasteiger partial charge in [-0.15, -0.1) is 0 Å². The van der Waals surface area contributed by atoms with Gasteiger partial charge in [-0.25, -0.2) is 4.79 Å². The SMILES string of the molecule is CCCCCCCCC1C(=O)N(CC2CO2)C(=O)N1CC1CO1. The molecule has 6 heteroatoms. The summed E-state index contributed by atoms with van der Waals surface area (Å²) in [7, 11) is 0. The molecule has 0 aromatic rings. The van der Waals surface area contributed by atoms with Crippen molar-refractivity contribution in [1.29, 1.82) is 0 Å². The van der Waals surface area contributed by atoms with E-state index < -0.39 is 0 Å². The van der Waals surface area contributed by atoms with Gasteiger partial charge in [0.2, 0.25) is 0 Å². The van der Waals surface area contributed by atoms with Gasteiger partial charge in [0, 0.05) is 0 Å². The normalized spacial score (nSPS) is 29.5. The molecule has 0 spiro atoms. The summed E-state index contributed by atoms with van der Waals surface area (Å²) in [6, 6.07) is -0.450. The summed E-state index contributed by atoms with van der Waals surface area (Å²) in [6.45, 7) is 4.52. The summed E-state index contributed by atoms with van der Waals surface area (Å²) in [4.78, 5) is 28.3. The molecule has 3 aliphatic heterocycles. The predicted molar refractivity (Wildman–Crippen MR) is 85.1 cm³/mol. The number of unbranched alkanes of at least 4 members (excludes halogenated alkanes) is 5. The molecule has 3 rings (SSSR count). The maximum Gasteiger partial charge on any atom is 0.327 e. The zero-order valence-electron chi connectivity index (χ0n) is 14.0. The third kappa shape index (κ3) is 4.44. The average molecular weight is 324 g/mol. The van der Waals surface area contributed by atoms with Gasteiger partial charge in [0.05, 0.1) is 38.5 Å². The van der Waals surface area contributed by atoms with Crippen LogP contribution in [0.5, 0.6) is 0 Å². The summed E-state index contributed by atoms with van der Waals surface area (Å²) in [6.07, 6.45) is 8.08. The second-order valence-corrected chi connectivity index (χ2v) is 6.87. The van der Waals surface area contributed by atoms with Crippen LogP contribution < -0.4 is 0 Å². The minimum atomic E-state index is -0.295. The van der Waals surface area contributed by atoms with Crippen molar-refractivity contribution in [2.45, 2.75) is 70.1 Å². The van der Waals surface area contributed by atoms with Crippen LogP contribution in [0.1, 0.15) is 51.9 Å². The quantitative estimate of drug-likeness (QED) is 0.332. The first-order valence-corrected chi connectivity index (χ1v) is 9.06. The van der Waals surface area contributed by atoms with Crippen molar-refractivity contribution in [2.24, 2.45) is 0 Å². The molecule has 3 unspecified atom stereocenters. The Balaban J connectivity index is 1.51. The van der Waals surface area contributed by atoms with Crippen LogP contribution in [0.3, 0.4) is 0 Å². The zero-order valence-corrected chi connectivity index (χ0v) is 14.0. The van der Waals surface area contributed by atoms with Crippen molar-refractivity contribution in [1.82, 2.24) is 9.80 Å². The first-order chi connectivity index (χ1) is 11.2. The lowest BCUT2D eigenvalue weighted by Crippen LogP contribution is -2.38. The number of epoxide rings is 2. The van der Waals surface area contributed by atoms with Gasteiger partial charge in [-0.05, 0) is 6.42 Å². The van der Waals surface area contributed by atoms with Gasteiger partial charge < -0.3 is 14.4 Å². The molecular formula is C17H28N2O4. The molecule has 23 heavy (non-hydrogen) atoms. The average Bonchev–Trinajstić information content (AvgIpc) is 3.43. The first kappa shape index (κ1) is 16.7. The van der Waals surface area contributed by atoms with E-state index in [1.54, 1.807) is 4.90 Å². The highest BCUT2D eigenvalue weighted by molar-refractivity contribution is 6.04. The van der Waals surface area contributed by atoms with E-state index in [4.69, 9.17) is 9.47 Å². The molecule has 3 amide bonds. The Morgan fingerprint density at radius 3 is 2.22 bits per heavy atom. The van der Waals surface area contributed by atoms with Gasteiger partial charge in [-0.1, -0.05) is 45.4 Å². The van der Waals surface area contributed by atoms with Gasteiger partial charge in [-0.2, -0.15) is 0 Å². The Morgan fingerprint density at radius 2 is 1.57 bits per heavy atom. The Morgan fingerprint density at radius 1 is 0.957 bits per heavy atom. The molecule has 6 nitrogen and oxygen atoms in total. The van der Waals surface area contributed by atoms with E-state index in [1.807, 2.05) is 0 Å². The van der Waals surface area contributed by atoms with Crippen molar-refractivity contribution in [2.75, 3.05) is 26.3 Å². The number of ether oxygens (including phenoxy) is 2. The van der Waals surface area contributed by atoms with Crippen LogP contribution >= 0.6 is 0 Å². The molecule has 0 N–H and O–H groups in total.